The summed E-state index contributed by atoms with van der Waals surface area (Å²) < 4.78 is 32.3. The minimum absolute atomic E-state index is 0.00459. The van der Waals surface area contributed by atoms with E-state index in [0.717, 1.165) is 17.2 Å². The van der Waals surface area contributed by atoms with Crippen LogP contribution in [0, 0.1) is 11.6 Å². The number of halogens is 2. The number of benzene rings is 3. The number of carbonyl (C=O) groups is 1. The maximum Gasteiger partial charge on any atom is 0.407 e. The molecule has 0 unspecified atom stereocenters. The quantitative estimate of drug-likeness (QED) is 0.409. The summed E-state index contributed by atoms with van der Waals surface area (Å²) in [5, 5.41) is 2.69. The Morgan fingerprint density at radius 3 is 2.32 bits per heavy atom. The third kappa shape index (κ3) is 4.43. The summed E-state index contributed by atoms with van der Waals surface area (Å²) in [4.78, 5) is 12.1. The van der Waals surface area contributed by atoms with E-state index >= 15 is 0 Å². The van der Waals surface area contributed by atoms with Gasteiger partial charge in [-0.1, -0.05) is 60.7 Å². The second-order valence-electron chi connectivity index (χ2n) is 7.34. The van der Waals surface area contributed by atoms with Crippen molar-refractivity contribution in [2.75, 3.05) is 18.9 Å². The number of nitrogens with one attached hydrogen (secondary N) is 1. The zero-order valence-corrected chi connectivity index (χ0v) is 16.8. The monoisotopic (exact) mass is 420 g/mol. The molecular formula is C25H22F2N2O2. The van der Waals surface area contributed by atoms with Crippen LogP contribution in [-0.4, -0.2) is 19.2 Å². The van der Waals surface area contributed by atoms with Gasteiger partial charge in [0.05, 0.1) is 5.69 Å². The van der Waals surface area contributed by atoms with E-state index in [1.807, 2.05) is 24.3 Å². The lowest BCUT2D eigenvalue weighted by Gasteiger charge is -2.14. The molecule has 158 valence electrons. The van der Waals surface area contributed by atoms with Gasteiger partial charge < -0.3 is 15.8 Å². The first-order chi connectivity index (χ1) is 15.0. The summed E-state index contributed by atoms with van der Waals surface area (Å²) in [6.45, 7) is 0.571. The number of hydrogen-bond donors (Lipinski definition) is 2. The van der Waals surface area contributed by atoms with Crippen molar-refractivity contribution >= 4 is 17.9 Å². The summed E-state index contributed by atoms with van der Waals surface area (Å²) in [7, 11) is 0. The smallest absolute Gasteiger partial charge is 0.407 e. The van der Waals surface area contributed by atoms with E-state index in [-0.39, 0.29) is 23.8 Å². The average Bonchev–Trinajstić information content (AvgIpc) is 3.09. The highest BCUT2D eigenvalue weighted by Gasteiger charge is 2.28. The summed E-state index contributed by atoms with van der Waals surface area (Å²) in [6.07, 6.45) is 3.14. The lowest BCUT2D eigenvalue weighted by Crippen LogP contribution is -2.26. The number of anilines is 1. The van der Waals surface area contributed by atoms with Crippen LogP contribution in [0.5, 0.6) is 0 Å². The molecule has 31 heavy (non-hydrogen) atoms. The molecule has 0 saturated carbocycles. The van der Waals surface area contributed by atoms with Crippen LogP contribution in [0.3, 0.4) is 0 Å². The van der Waals surface area contributed by atoms with Crippen molar-refractivity contribution < 1.29 is 18.3 Å². The van der Waals surface area contributed by atoms with Crippen molar-refractivity contribution in [3.05, 3.63) is 95.1 Å². The van der Waals surface area contributed by atoms with E-state index in [0.29, 0.717) is 13.0 Å². The van der Waals surface area contributed by atoms with Gasteiger partial charge in [-0.05, 0) is 34.7 Å². The molecule has 0 aliphatic heterocycles. The van der Waals surface area contributed by atoms with Gasteiger partial charge in [0.2, 0.25) is 0 Å². The Balaban J connectivity index is 1.28. The summed E-state index contributed by atoms with van der Waals surface area (Å²) >= 11 is 0. The molecule has 0 fully saturated rings. The number of rotatable bonds is 6. The molecule has 4 nitrogen and oxygen atoms in total. The normalized spacial score (nSPS) is 12.6. The number of amides is 1. The Morgan fingerprint density at radius 1 is 1.00 bits per heavy atom. The van der Waals surface area contributed by atoms with Gasteiger partial charge in [0.25, 0.3) is 0 Å². The van der Waals surface area contributed by atoms with Crippen molar-refractivity contribution in [1.82, 2.24) is 5.32 Å². The summed E-state index contributed by atoms with van der Waals surface area (Å²) in [5.41, 5.74) is 10.2. The first-order valence-corrected chi connectivity index (χ1v) is 10.0. The highest BCUT2D eigenvalue weighted by atomic mass is 19.1. The van der Waals surface area contributed by atoms with Crippen molar-refractivity contribution in [2.24, 2.45) is 0 Å². The predicted octanol–water partition coefficient (Wildman–Crippen LogP) is 5.49. The highest BCUT2D eigenvalue weighted by molar-refractivity contribution is 5.79. The fraction of sp³-hybridized carbons (Fsp3) is 0.160. The number of carbonyl (C=O) groups excluding carboxylic acids is 1. The predicted molar refractivity (Wildman–Crippen MR) is 117 cm³/mol. The molecule has 1 aliphatic rings. The zero-order valence-electron chi connectivity index (χ0n) is 16.8. The molecule has 0 spiro atoms. The third-order valence-corrected chi connectivity index (χ3v) is 5.34. The number of hydrogen-bond acceptors (Lipinski definition) is 3. The summed E-state index contributed by atoms with van der Waals surface area (Å²) in [5.74, 6) is -1.47. The third-order valence-electron chi connectivity index (χ3n) is 5.34. The van der Waals surface area contributed by atoms with E-state index < -0.39 is 17.7 Å². The lowest BCUT2D eigenvalue weighted by molar-refractivity contribution is 0.143. The highest BCUT2D eigenvalue weighted by Crippen LogP contribution is 2.44. The summed E-state index contributed by atoms with van der Waals surface area (Å²) in [6, 6.07) is 18.3. The van der Waals surface area contributed by atoms with Crippen LogP contribution in [0.15, 0.2) is 66.7 Å². The number of nitrogens with two attached hydrogens (primary N) is 1. The van der Waals surface area contributed by atoms with Crippen LogP contribution >= 0.6 is 0 Å². The van der Waals surface area contributed by atoms with Crippen molar-refractivity contribution in [2.45, 2.75) is 12.3 Å². The number of fused-ring (bicyclic) bond motifs is 3. The van der Waals surface area contributed by atoms with E-state index in [1.54, 1.807) is 6.08 Å². The molecule has 0 bridgehead atoms. The van der Waals surface area contributed by atoms with Crippen LogP contribution in [0.25, 0.3) is 17.2 Å². The first kappa shape index (κ1) is 20.6. The van der Waals surface area contributed by atoms with Crippen molar-refractivity contribution in [3.8, 4) is 11.1 Å². The number of nitrogen functional groups attached to an aromatic ring is 1. The fourth-order valence-corrected chi connectivity index (χ4v) is 3.83. The van der Waals surface area contributed by atoms with Crippen LogP contribution in [0.1, 0.15) is 29.0 Å². The molecule has 0 atom stereocenters. The second-order valence-corrected chi connectivity index (χ2v) is 7.34. The van der Waals surface area contributed by atoms with Gasteiger partial charge in [0.1, 0.15) is 18.2 Å². The maximum absolute atomic E-state index is 13.7. The van der Waals surface area contributed by atoms with E-state index in [4.69, 9.17) is 10.5 Å². The fourth-order valence-electron chi connectivity index (χ4n) is 3.83. The SMILES string of the molecule is Nc1cc(C=CCCNC(=O)OCC2c3ccccc3-c3ccccc32)c(F)cc1F. The molecule has 1 aliphatic carbocycles. The largest absolute Gasteiger partial charge is 0.449 e. The molecule has 0 aromatic heterocycles. The van der Waals surface area contributed by atoms with Gasteiger partial charge in [0.15, 0.2) is 0 Å². The van der Waals surface area contributed by atoms with Crippen LogP contribution in [0.4, 0.5) is 19.3 Å². The number of alkyl carbamates (subject to hydrolysis) is 1. The topological polar surface area (TPSA) is 64.3 Å². The Kier molecular flexibility index (Phi) is 5.98. The minimum Gasteiger partial charge on any atom is -0.449 e. The molecule has 4 rings (SSSR count). The van der Waals surface area contributed by atoms with Crippen molar-refractivity contribution in [1.29, 1.82) is 0 Å². The molecule has 0 heterocycles. The molecular weight excluding hydrogens is 398 g/mol. The standard InChI is InChI=1S/C25H22F2N2O2/c26-22-14-23(27)24(28)13-16(22)7-5-6-12-29-25(30)31-15-21-19-10-3-1-8-17(19)18-9-2-4-11-20(18)21/h1-5,7-11,13-14,21H,6,12,15,28H2,(H,29,30). The van der Waals surface area contributed by atoms with Crippen molar-refractivity contribution in [3.63, 3.8) is 0 Å². The minimum atomic E-state index is -0.786. The molecule has 1 amide bonds. The maximum atomic E-state index is 13.7. The van der Waals surface area contributed by atoms with Crippen LogP contribution in [0.2, 0.25) is 0 Å². The first-order valence-electron chi connectivity index (χ1n) is 10.0. The van der Waals surface area contributed by atoms with Gasteiger partial charge in [0, 0.05) is 24.1 Å². The Hall–Kier alpha value is -3.67. The molecule has 3 N–H and O–H groups in total. The Labute approximate surface area is 179 Å². The van der Waals surface area contributed by atoms with Gasteiger partial charge in [-0.2, -0.15) is 0 Å². The molecule has 3 aromatic rings. The Bertz CT molecular complexity index is 1100. The van der Waals surface area contributed by atoms with Gasteiger partial charge in [-0.25, -0.2) is 13.6 Å². The van der Waals surface area contributed by atoms with E-state index in [2.05, 4.69) is 29.6 Å². The van der Waals surface area contributed by atoms with Gasteiger partial charge in [-0.15, -0.1) is 0 Å². The second kappa shape index (κ2) is 9.00. The van der Waals surface area contributed by atoms with E-state index in [9.17, 15) is 13.6 Å². The van der Waals surface area contributed by atoms with E-state index in [1.165, 1.54) is 23.3 Å². The average molecular weight is 420 g/mol. The van der Waals surface area contributed by atoms with Crippen LogP contribution in [-0.2, 0) is 4.74 Å². The van der Waals surface area contributed by atoms with Gasteiger partial charge in [-0.3, -0.25) is 0 Å². The zero-order chi connectivity index (χ0) is 21.8. The molecule has 6 heteroatoms. The molecule has 3 aromatic carbocycles. The molecule has 0 saturated heterocycles. The lowest BCUT2D eigenvalue weighted by atomic mass is 9.98. The molecule has 0 radical (unpaired) electrons. The van der Waals surface area contributed by atoms with Gasteiger partial charge >= 0.3 is 6.09 Å². The number of ether oxygens (including phenoxy) is 1. The Morgan fingerprint density at radius 2 is 1.65 bits per heavy atom. The van der Waals surface area contributed by atoms with Crippen LogP contribution < -0.4 is 11.1 Å².